The third-order valence-corrected chi connectivity index (χ3v) is 4.79. The molecule has 0 saturated heterocycles. The van der Waals surface area contributed by atoms with E-state index < -0.39 is 11.9 Å². The number of amides is 1. The van der Waals surface area contributed by atoms with Gasteiger partial charge >= 0.3 is 6.18 Å². The maximum Gasteiger partial charge on any atom is 0.435 e. The summed E-state index contributed by atoms with van der Waals surface area (Å²) in [4.78, 5) is 17.0. The SMILES string of the molecule is CCc1cc(-c2cc(C(F)(F)F)nn2C)ncc1NC(=O)c1c(C)c(C)nn1C. The monoisotopic (exact) mass is 406 g/mol. The van der Waals surface area contributed by atoms with E-state index in [1.165, 1.54) is 17.9 Å². The fraction of sp³-hybridized carbons (Fsp3) is 0.368. The number of aryl methyl sites for hydroxylation is 4. The largest absolute Gasteiger partial charge is 0.435 e. The number of pyridine rings is 1. The van der Waals surface area contributed by atoms with Crippen molar-refractivity contribution in [3.8, 4) is 11.4 Å². The molecule has 3 rings (SSSR count). The minimum Gasteiger partial charge on any atom is -0.319 e. The van der Waals surface area contributed by atoms with E-state index in [0.29, 0.717) is 23.5 Å². The first-order chi connectivity index (χ1) is 13.5. The molecule has 1 amide bonds. The highest BCUT2D eigenvalue weighted by molar-refractivity contribution is 6.04. The van der Waals surface area contributed by atoms with Crippen molar-refractivity contribution in [3.05, 3.63) is 46.5 Å². The second kappa shape index (κ2) is 7.34. The van der Waals surface area contributed by atoms with Crippen molar-refractivity contribution in [2.24, 2.45) is 14.1 Å². The predicted octanol–water partition coefficient (Wildman–Crippen LogP) is 3.67. The highest BCUT2D eigenvalue weighted by Gasteiger charge is 2.35. The minimum atomic E-state index is -4.53. The van der Waals surface area contributed by atoms with Gasteiger partial charge < -0.3 is 5.32 Å². The van der Waals surface area contributed by atoms with Crippen LogP contribution in [0.2, 0.25) is 0 Å². The third-order valence-electron chi connectivity index (χ3n) is 4.79. The van der Waals surface area contributed by atoms with E-state index in [2.05, 4.69) is 20.5 Å². The number of halogens is 3. The summed E-state index contributed by atoms with van der Waals surface area (Å²) >= 11 is 0. The van der Waals surface area contributed by atoms with Gasteiger partial charge in [0.05, 0.1) is 29.0 Å². The summed E-state index contributed by atoms with van der Waals surface area (Å²) in [7, 11) is 3.12. The summed E-state index contributed by atoms with van der Waals surface area (Å²) in [6.07, 6.45) is -2.53. The van der Waals surface area contributed by atoms with Crippen LogP contribution in [0.5, 0.6) is 0 Å². The Bertz CT molecular complexity index is 1080. The van der Waals surface area contributed by atoms with Crippen LogP contribution >= 0.6 is 0 Å². The molecule has 0 saturated carbocycles. The van der Waals surface area contributed by atoms with Gasteiger partial charge in [-0.3, -0.25) is 19.1 Å². The lowest BCUT2D eigenvalue weighted by molar-refractivity contribution is -0.141. The molecule has 3 heterocycles. The quantitative estimate of drug-likeness (QED) is 0.717. The fourth-order valence-corrected chi connectivity index (χ4v) is 3.15. The van der Waals surface area contributed by atoms with E-state index in [1.54, 1.807) is 13.1 Å². The minimum absolute atomic E-state index is 0.239. The number of carbonyl (C=O) groups excluding carboxylic acids is 1. The van der Waals surface area contributed by atoms with Gasteiger partial charge in [0.1, 0.15) is 5.69 Å². The van der Waals surface area contributed by atoms with Crippen LogP contribution in [-0.4, -0.2) is 30.5 Å². The maximum atomic E-state index is 12.9. The van der Waals surface area contributed by atoms with E-state index in [1.807, 2.05) is 20.8 Å². The molecule has 0 aromatic carbocycles. The molecule has 0 aliphatic carbocycles. The lowest BCUT2D eigenvalue weighted by atomic mass is 10.1. The fourth-order valence-electron chi connectivity index (χ4n) is 3.15. The van der Waals surface area contributed by atoms with E-state index >= 15 is 0 Å². The van der Waals surface area contributed by atoms with Crippen molar-refractivity contribution in [2.75, 3.05) is 5.32 Å². The second-order valence-corrected chi connectivity index (χ2v) is 6.75. The molecule has 1 N–H and O–H groups in total. The van der Waals surface area contributed by atoms with Crippen LogP contribution in [0.1, 0.15) is 39.9 Å². The number of anilines is 1. The standard InChI is InChI=1S/C19H21F3N6O/c1-6-12-7-13(15-8-16(19(20,21)22)26-27(15)4)23-9-14(12)24-18(29)17-10(2)11(3)25-28(17)5/h7-9H,6H2,1-5H3,(H,24,29). The van der Waals surface area contributed by atoms with Crippen LogP contribution in [0.25, 0.3) is 11.4 Å². The third kappa shape index (κ3) is 3.87. The van der Waals surface area contributed by atoms with Crippen molar-refractivity contribution in [2.45, 2.75) is 33.4 Å². The van der Waals surface area contributed by atoms with Crippen molar-refractivity contribution < 1.29 is 18.0 Å². The number of aromatic nitrogens is 5. The molecule has 3 aromatic heterocycles. The normalized spacial score (nSPS) is 11.7. The zero-order valence-electron chi connectivity index (χ0n) is 16.7. The molecule has 0 bridgehead atoms. The van der Waals surface area contributed by atoms with E-state index in [4.69, 9.17) is 0 Å². The van der Waals surface area contributed by atoms with E-state index in [9.17, 15) is 18.0 Å². The first-order valence-electron chi connectivity index (χ1n) is 8.95. The zero-order valence-corrected chi connectivity index (χ0v) is 16.7. The van der Waals surface area contributed by atoms with Gasteiger partial charge in [0.25, 0.3) is 5.91 Å². The highest BCUT2D eigenvalue weighted by Crippen LogP contribution is 2.32. The van der Waals surface area contributed by atoms with Crippen LogP contribution in [0.4, 0.5) is 18.9 Å². The van der Waals surface area contributed by atoms with Crippen LogP contribution in [0.15, 0.2) is 18.3 Å². The lowest BCUT2D eigenvalue weighted by Gasteiger charge is -2.12. The molecule has 29 heavy (non-hydrogen) atoms. The van der Waals surface area contributed by atoms with E-state index in [-0.39, 0.29) is 11.6 Å². The number of hydrogen-bond donors (Lipinski definition) is 1. The summed E-state index contributed by atoms with van der Waals surface area (Å²) in [5, 5.41) is 10.6. The first kappa shape index (κ1) is 20.6. The molecule has 0 radical (unpaired) electrons. The summed E-state index contributed by atoms with van der Waals surface area (Å²) in [6.45, 7) is 5.53. The maximum absolute atomic E-state index is 12.9. The second-order valence-electron chi connectivity index (χ2n) is 6.75. The van der Waals surface area contributed by atoms with Gasteiger partial charge in [-0.15, -0.1) is 0 Å². The van der Waals surface area contributed by atoms with Gasteiger partial charge in [0.15, 0.2) is 5.69 Å². The van der Waals surface area contributed by atoms with Crippen LogP contribution < -0.4 is 5.32 Å². The summed E-state index contributed by atoms with van der Waals surface area (Å²) in [6, 6.07) is 2.62. The number of alkyl halides is 3. The van der Waals surface area contributed by atoms with Crippen LogP contribution in [0.3, 0.4) is 0 Å². The Kier molecular flexibility index (Phi) is 5.20. The van der Waals surface area contributed by atoms with Gasteiger partial charge in [-0.05, 0) is 38.0 Å². The predicted molar refractivity (Wildman–Crippen MR) is 101 cm³/mol. The van der Waals surface area contributed by atoms with Crippen molar-refractivity contribution in [3.63, 3.8) is 0 Å². The van der Waals surface area contributed by atoms with E-state index in [0.717, 1.165) is 27.6 Å². The molecule has 154 valence electrons. The number of nitrogens with one attached hydrogen (secondary N) is 1. The Hall–Kier alpha value is -3.17. The van der Waals surface area contributed by atoms with Gasteiger partial charge in [0.2, 0.25) is 0 Å². The Labute approximate surface area is 165 Å². The van der Waals surface area contributed by atoms with Crippen LogP contribution in [0, 0.1) is 13.8 Å². The molecule has 0 atom stereocenters. The molecular weight excluding hydrogens is 385 g/mol. The first-order valence-corrected chi connectivity index (χ1v) is 8.95. The Morgan fingerprint density at radius 2 is 1.83 bits per heavy atom. The van der Waals surface area contributed by atoms with Gasteiger partial charge in [0, 0.05) is 19.7 Å². The van der Waals surface area contributed by atoms with Gasteiger partial charge in [-0.2, -0.15) is 23.4 Å². The van der Waals surface area contributed by atoms with Crippen molar-refractivity contribution >= 4 is 11.6 Å². The van der Waals surface area contributed by atoms with Crippen molar-refractivity contribution in [1.29, 1.82) is 0 Å². The summed E-state index contributed by atoms with van der Waals surface area (Å²) in [5.41, 5.74) is 2.83. The molecule has 10 heteroatoms. The number of rotatable bonds is 4. The molecular formula is C19H21F3N6O. The average Bonchev–Trinajstić information content (AvgIpc) is 3.15. The zero-order chi connectivity index (χ0) is 21.5. The Morgan fingerprint density at radius 1 is 1.14 bits per heavy atom. The van der Waals surface area contributed by atoms with Gasteiger partial charge in [-0.25, -0.2) is 0 Å². The molecule has 0 spiro atoms. The molecule has 0 fully saturated rings. The highest BCUT2D eigenvalue weighted by atomic mass is 19.4. The molecule has 3 aromatic rings. The van der Waals surface area contributed by atoms with Gasteiger partial charge in [-0.1, -0.05) is 6.92 Å². The summed E-state index contributed by atoms with van der Waals surface area (Å²) < 4.78 is 41.4. The average molecular weight is 406 g/mol. The molecule has 0 aliphatic rings. The lowest BCUT2D eigenvalue weighted by Crippen LogP contribution is -2.18. The topological polar surface area (TPSA) is 77.6 Å². The van der Waals surface area contributed by atoms with Crippen molar-refractivity contribution in [1.82, 2.24) is 24.5 Å². The summed E-state index contributed by atoms with van der Waals surface area (Å²) in [5.74, 6) is -0.324. The number of carbonyl (C=O) groups is 1. The number of nitrogens with zero attached hydrogens (tertiary/aromatic N) is 5. The molecule has 0 aliphatic heterocycles. The molecule has 7 nitrogen and oxygen atoms in total. The molecule has 0 unspecified atom stereocenters. The van der Waals surface area contributed by atoms with Crippen LogP contribution in [-0.2, 0) is 26.7 Å². The Morgan fingerprint density at radius 3 is 2.34 bits per heavy atom. The smallest absolute Gasteiger partial charge is 0.319 e. The number of hydrogen-bond acceptors (Lipinski definition) is 4. The Balaban J connectivity index is 1.94.